The van der Waals surface area contributed by atoms with E-state index in [0.717, 1.165) is 18.8 Å². The quantitative estimate of drug-likeness (QED) is 0.703. The summed E-state index contributed by atoms with van der Waals surface area (Å²) in [5.41, 5.74) is 0.394. The van der Waals surface area contributed by atoms with Crippen LogP contribution in [-0.4, -0.2) is 29.3 Å². The Labute approximate surface area is 102 Å². The van der Waals surface area contributed by atoms with E-state index in [-0.39, 0.29) is 11.2 Å². The number of hydrogen-bond donors (Lipinski definition) is 0. The monoisotopic (exact) mass is 238 g/mol. The van der Waals surface area contributed by atoms with Crippen molar-refractivity contribution >= 4 is 5.69 Å². The maximum Gasteiger partial charge on any atom is 0.214 e. The molecule has 0 atom stereocenters. The van der Waals surface area contributed by atoms with E-state index in [1.54, 1.807) is 0 Å². The number of halogens is 1. The Balaban J connectivity index is 2.27. The van der Waals surface area contributed by atoms with Gasteiger partial charge in [0.25, 0.3) is 0 Å². The zero-order valence-electron chi connectivity index (χ0n) is 10.8. The third-order valence-corrected chi connectivity index (χ3v) is 2.77. The van der Waals surface area contributed by atoms with E-state index in [1.165, 1.54) is 12.3 Å². The van der Waals surface area contributed by atoms with Crippen LogP contribution < -0.4 is 4.90 Å². The molecule has 0 aliphatic carbocycles. The van der Waals surface area contributed by atoms with E-state index < -0.39 is 5.95 Å². The molecule has 0 unspecified atom stereocenters. The van der Waals surface area contributed by atoms with Crippen LogP contribution in [-0.2, 0) is 4.74 Å². The SMILES string of the molecule is CC1(C)CN(c2ccnc(F)c2)CC(C)(C)O1. The normalized spacial score (nSPS) is 22.5. The van der Waals surface area contributed by atoms with Crippen molar-refractivity contribution in [2.24, 2.45) is 0 Å². The average molecular weight is 238 g/mol. The van der Waals surface area contributed by atoms with Gasteiger partial charge in [0.15, 0.2) is 0 Å². The van der Waals surface area contributed by atoms with Crippen LogP contribution in [0.15, 0.2) is 18.3 Å². The van der Waals surface area contributed by atoms with Gasteiger partial charge in [0.1, 0.15) is 0 Å². The summed E-state index contributed by atoms with van der Waals surface area (Å²) < 4.78 is 19.1. The molecule has 1 aliphatic heterocycles. The molecule has 0 bridgehead atoms. The maximum atomic E-state index is 13.1. The van der Waals surface area contributed by atoms with Crippen LogP contribution in [0.4, 0.5) is 10.1 Å². The van der Waals surface area contributed by atoms with Gasteiger partial charge >= 0.3 is 0 Å². The molecule has 1 saturated heterocycles. The van der Waals surface area contributed by atoms with Gasteiger partial charge in [0, 0.05) is 31.0 Å². The van der Waals surface area contributed by atoms with Crippen molar-refractivity contribution in [3.8, 4) is 0 Å². The Morgan fingerprint density at radius 3 is 2.35 bits per heavy atom. The first kappa shape index (κ1) is 12.3. The standard InChI is InChI=1S/C13H19FN2O/c1-12(2)8-16(9-13(3,4)17-12)10-5-6-15-11(14)7-10/h5-7H,8-9H2,1-4H3. The van der Waals surface area contributed by atoms with Crippen LogP contribution in [0.3, 0.4) is 0 Å². The molecule has 0 amide bonds. The van der Waals surface area contributed by atoms with Crippen molar-refractivity contribution in [3.05, 3.63) is 24.3 Å². The third-order valence-electron chi connectivity index (χ3n) is 2.77. The van der Waals surface area contributed by atoms with Crippen LogP contribution in [0, 0.1) is 5.95 Å². The Bertz CT molecular complexity index is 402. The first-order chi connectivity index (χ1) is 7.77. The summed E-state index contributed by atoms with van der Waals surface area (Å²) in [6, 6.07) is 3.30. The van der Waals surface area contributed by atoms with Crippen molar-refractivity contribution in [2.45, 2.75) is 38.9 Å². The van der Waals surface area contributed by atoms with E-state index in [2.05, 4.69) is 37.6 Å². The van der Waals surface area contributed by atoms with Crippen LogP contribution in [0.2, 0.25) is 0 Å². The van der Waals surface area contributed by atoms with E-state index in [4.69, 9.17) is 4.74 Å². The number of aromatic nitrogens is 1. The topological polar surface area (TPSA) is 25.4 Å². The highest BCUT2D eigenvalue weighted by molar-refractivity contribution is 5.46. The summed E-state index contributed by atoms with van der Waals surface area (Å²) in [7, 11) is 0. The second kappa shape index (κ2) is 3.95. The predicted octanol–water partition coefficient (Wildman–Crippen LogP) is 2.61. The number of hydrogen-bond acceptors (Lipinski definition) is 3. The summed E-state index contributed by atoms with van der Waals surface area (Å²) in [4.78, 5) is 5.73. The zero-order valence-corrected chi connectivity index (χ0v) is 10.8. The molecular formula is C13H19FN2O. The molecule has 17 heavy (non-hydrogen) atoms. The molecule has 4 heteroatoms. The molecule has 2 heterocycles. The first-order valence-electron chi connectivity index (χ1n) is 5.84. The molecular weight excluding hydrogens is 219 g/mol. The molecule has 2 rings (SSSR count). The van der Waals surface area contributed by atoms with Gasteiger partial charge in [-0.2, -0.15) is 4.39 Å². The lowest BCUT2D eigenvalue weighted by molar-refractivity contribution is -0.133. The lowest BCUT2D eigenvalue weighted by Gasteiger charge is -2.48. The van der Waals surface area contributed by atoms with Gasteiger partial charge in [-0.1, -0.05) is 0 Å². The largest absolute Gasteiger partial charge is 0.366 e. The molecule has 1 aliphatic rings. The summed E-state index contributed by atoms with van der Waals surface area (Å²) in [5.74, 6) is -0.440. The van der Waals surface area contributed by atoms with Crippen molar-refractivity contribution in [1.29, 1.82) is 0 Å². The van der Waals surface area contributed by atoms with Gasteiger partial charge in [-0.05, 0) is 33.8 Å². The lowest BCUT2D eigenvalue weighted by atomic mass is 9.98. The third kappa shape index (κ3) is 2.94. The summed E-state index contributed by atoms with van der Waals surface area (Å²) in [6.45, 7) is 9.72. The van der Waals surface area contributed by atoms with Crippen LogP contribution in [0.25, 0.3) is 0 Å². The van der Waals surface area contributed by atoms with Crippen molar-refractivity contribution < 1.29 is 9.13 Å². The van der Waals surface area contributed by atoms with Gasteiger partial charge < -0.3 is 9.64 Å². The van der Waals surface area contributed by atoms with E-state index in [9.17, 15) is 4.39 Å². The van der Waals surface area contributed by atoms with Gasteiger partial charge in [0.2, 0.25) is 5.95 Å². The smallest absolute Gasteiger partial charge is 0.214 e. The Morgan fingerprint density at radius 2 is 1.82 bits per heavy atom. The van der Waals surface area contributed by atoms with Gasteiger partial charge in [-0.15, -0.1) is 0 Å². The van der Waals surface area contributed by atoms with Crippen molar-refractivity contribution in [1.82, 2.24) is 4.98 Å². The number of pyridine rings is 1. The predicted molar refractivity (Wildman–Crippen MR) is 65.7 cm³/mol. The highest BCUT2D eigenvalue weighted by Gasteiger charge is 2.38. The second-order valence-corrected chi connectivity index (χ2v) is 5.81. The van der Waals surface area contributed by atoms with E-state index >= 15 is 0 Å². The molecule has 94 valence electrons. The minimum atomic E-state index is -0.440. The molecule has 0 radical (unpaired) electrons. The fourth-order valence-corrected chi connectivity index (χ4v) is 2.56. The van der Waals surface area contributed by atoms with Gasteiger partial charge in [-0.3, -0.25) is 0 Å². The number of morpholine rings is 1. The molecule has 1 fully saturated rings. The van der Waals surface area contributed by atoms with Crippen LogP contribution in [0.1, 0.15) is 27.7 Å². The Hall–Kier alpha value is -1.16. The molecule has 0 saturated carbocycles. The molecule has 3 nitrogen and oxygen atoms in total. The minimum absolute atomic E-state index is 0.235. The molecule has 1 aromatic heterocycles. The highest BCUT2D eigenvalue weighted by Crippen LogP contribution is 2.31. The summed E-state index contributed by atoms with van der Waals surface area (Å²) in [6.07, 6.45) is 1.50. The number of ether oxygens (including phenoxy) is 1. The van der Waals surface area contributed by atoms with Crippen molar-refractivity contribution in [2.75, 3.05) is 18.0 Å². The van der Waals surface area contributed by atoms with Crippen molar-refractivity contribution in [3.63, 3.8) is 0 Å². The molecule has 0 aromatic carbocycles. The highest BCUT2D eigenvalue weighted by atomic mass is 19.1. The van der Waals surface area contributed by atoms with Gasteiger partial charge in [0.05, 0.1) is 11.2 Å². The van der Waals surface area contributed by atoms with Crippen LogP contribution in [0.5, 0.6) is 0 Å². The summed E-state index contributed by atoms with van der Waals surface area (Å²) >= 11 is 0. The second-order valence-electron chi connectivity index (χ2n) is 5.81. The maximum absolute atomic E-state index is 13.1. The molecule has 0 N–H and O–H groups in total. The molecule has 0 spiro atoms. The fourth-order valence-electron chi connectivity index (χ4n) is 2.56. The Kier molecular flexibility index (Phi) is 2.86. The Morgan fingerprint density at radius 1 is 1.24 bits per heavy atom. The zero-order chi connectivity index (χ0) is 12.7. The lowest BCUT2D eigenvalue weighted by Crippen LogP contribution is -2.57. The van der Waals surface area contributed by atoms with E-state index in [1.807, 2.05) is 6.07 Å². The first-order valence-corrected chi connectivity index (χ1v) is 5.84. The van der Waals surface area contributed by atoms with E-state index in [0.29, 0.717) is 0 Å². The fraction of sp³-hybridized carbons (Fsp3) is 0.615. The minimum Gasteiger partial charge on any atom is -0.366 e. The summed E-state index contributed by atoms with van der Waals surface area (Å²) in [5, 5.41) is 0. The molecule has 1 aromatic rings. The van der Waals surface area contributed by atoms with Gasteiger partial charge in [-0.25, -0.2) is 4.98 Å². The average Bonchev–Trinajstić information content (AvgIpc) is 2.12. The number of nitrogens with zero attached hydrogens (tertiary/aromatic N) is 2. The number of anilines is 1. The number of rotatable bonds is 1. The van der Waals surface area contributed by atoms with Crippen LogP contribution >= 0.6 is 0 Å².